The van der Waals surface area contributed by atoms with Gasteiger partial charge in [0.1, 0.15) is 17.5 Å². The number of fused-ring (bicyclic) bond motifs is 1. The molecule has 3 aromatic heterocycles. The zero-order valence-electron chi connectivity index (χ0n) is 22.0. The van der Waals surface area contributed by atoms with Crippen LogP contribution >= 0.6 is 11.6 Å². The standard InChI is InChI=1S/C28H23ClF3N5O4/c1-4-23(27(39)33-17-6-8-21-15(9-17)13-36(2)34-21)37-14-24(40-3)20(11-26(37)38)19-10-16(29)5-7-18(19)22-12-25(41-35-22)28(30,31)32/h5-14,23H,4H2,1-3H3,(H,33,39). The van der Waals surface area contributed by atoms with Crippen LogP contribution in [-0.4, -0.2) is 32.5 Å². The Morgan fingerprint density at radius 3 is 2.56 bits per heavy atom. The third-order valence-electron chi connectivity index (χ3n) is 6.51. The Morgan fingerprint density at radius 1 is 1.10 bits per heavy atom. The van der Waals surface area contributed by atoms with Gasteiger partial charge in [0.25, 0.3) is 5.56 Å². The van der Waals surface area contributed by atoms with E-state index >= 15 is 0 Å². The Kier molecular flexibility index (Phi) is 7.35. The first-order valence-electron chi connectivity index (χ1n) is 12.4. The lowest BCUT2D eigenvalue weighted by molar-refractivity contribution is -0.155. The second kappa shape index (κ2) is 10.8. The van der Waals surface area contributed by atoms with Crippen LogP contribution in [0.5, 0.6) is 5.75 Å². The van der Waals surface area contributed by atoms with Crippen LogP contribution in [0.3, 0.4) is 0 Å². The molecule has 212 valence electrons. The van der Waals surface area contributed by atoms with Crippen molar-refractivity contribution in [1.82, 2.24) is 19.5 Å². The van der Waals surface area contributed by atoms with Gasteiger partial charge in [0, 0.05) is 52.6 Å². The van der Waals surface area contributed by atoms with Crippen LogP contribution in [-0.2, 0) is 18.0 Å². The largest absolute Gasteiger partial charge is 0.495 e. The molecule has 0 radical (unpaired) electrons. The van der Waals surface area contributed by atoms with Crippen LogP contribution in [0.1, 0.15) is 25.1 Å². The molecule has 0 saturated carbocycles. The summed E-state index contributed by atoms with van der Waals surface area (Å²) in [6.07, 6.45) is -1.23. The lowest BCUT2D eigenvalue weighted by Gasteiger charge is -2.20. The van der Waals surface area contributed by atoms with Crippen molar-refractivity contribution in [1.29, 1.82) is 0 Å². The Hall–Kier alpha value is -4.58. The average molecular weight is 586 g/mol. The first-order valence-corrected chi connectivity index (χ1v) is 12.7. The Morgan fingerprint density at radius 2 is 1.88 bits per heavy atom. The van der Waals surface area contributed by atoms with E-state index in [2.05, 4.69) is 20.1 Å². The molecule has 1 N–H and O–H groups in total. The molecule has 0 aliphatic heterocycles. The van der Waals surface area contributed by atoms with Gasteiger partial charge in [0.05, 0.1) is 18.8 Å². The zero-order chi connectivity index (χ0) is 29.5. The quantitative estimate of drug-likeness (QED) is 0.239. The van der Waals surface area contributed by atoms with Crippen molar-refractivity contribution in [2.45, 2.75) is 25.6 Å². The number of pyridine rings is 1. The van der Waals surface area contributed by atoms with Crippen LogP contribution < -0.4 is 15.6 Å². The molecule has 0 aliphatic rings. The molecule has 1 unspecified atom stereocenters. The van der Waals surface area contributed by atoms with Gasteiger partial charge in [0.2, 0.25) is 11.7 Å². The van der Waals surface area contributed by atoms with E-state index in [1.165, 1.54) is 42.1 Å². The summed E-state index contributed by atoms with van der Waals surface area (Å²) in [5.41, 5.74) is 1.46. The first-order chi connectivity index (χ1) is 19.5. The fourth-order valence-corrected chi connectivity index (χ4v) is 4.78. The van der Waals surface area contributed by atoms with Crippen LogP contribution in [0, 0.1) is 0 Å². The number of aryl methyl sites for hydroxylation is 1. The summed E-state index contributed by atoms with van der Waals surface area (Å²) in [6.45, 7) is 1.76. The molecule has 0 fully saturated rings. The highest BCUT2D eigenvalue weighted by Crippen LogP contribution is 2.40. The molecule has 5 aromatic rings. The highest BCUT2D eigenvalue weighted by molar-refractivity contribution is 6.31. The van der Waals surface area contributed by atoms with Crippen LogP contribution in [0.15, 0.2) is 70.2 Å². The number of ether oxygens (including phenoxy) is 1. The fraction of sp³-hybridized carbons (Fsp3) is 0.214. The zero-order valence-corrected chi connectivity index (χ0v) is 22.7. The molecule has 0 saturated heterocycles. The number of rotatable bonds is 7. The van der Waals surface area contributed by atoms with Gasteiger partial charge in [-0.05, 0) is 42.3 Å². The third-order valence-corrected chi connectivity index (χ3v) is 6.75. The second-order valence-electron chi connectivity index (χ2n) is 9.25. The van der Waals surface area contributed by atoms with Gasteiger partial charge in [-0.2, -0.15) is 18.3 Å². The van der Waals surface area contributed by atoms with Crippen molar-refractivity contribution in [3.8, 4) is 28.1 Å². The summed E-state index contributed by atoms with van der Waals surface area (Å²) in [4.78, 5) is 26.7. The van der Waals surface area contributed by atoms with E-state index in [0.29, 0.717) is 11.3 Å². The topological polar surface area (TPSA) is 104 Å². The van der Waals surface area contributed by atoms with E-state index in [9.17, 15) is 22.8 Å². The molecular formula is C28H23ClF3N5O4. The molecule has 5 rings (SSSR count). The highest BCUT2D eigenvalue weighted by Gasteiger charge is 2.36. The van der Waals surface area contributed by atoms with Gasteiger partial charge in [0.15, 0.2) is 0 Å². The molecule has 1 amide bonds. The van der Waals surface area contributed by atoms with Crippen molar-refractivity contribution in [3.05, 3.63) is 82.1 Å². The molecule has 2 aromatic carbocycles. The lowest BCUT2D eigenvalue weighted by Crippen LogP contribution is -2.32. The smallest absolute Gasteiger partial charge is 0.452 e. The van der Waals surface area contributed by atoms with Gasteiger partial charge in [-0.3, -0.25) is 18.8 Å². The molecular weight excluding hydrogens is 563 g/mol. The Bertz CT molecular complexity index is 1830. The number of carbonyl (C=O) groups is 1. The van der Waals surface area contributed by atoms with Crippen molar-refractivity contribution >= 4 is 34.1 Å². The lowest BCUT2D eigenvalue weighted by atomic mass is 9.97. The maximum absolute atomic E-state index is 13.4. The molecule has 0 aliphatic carbocycles. The highest BCUT2D eigenvalue weighted by atomic mass is 35.5. The summed E-state index contributed by atoms with van der Waals surface area (Å²) >= 11 is 6.22. The Labute approximate surface area is 236 Å². The van der Waals surface area contributed by atoms with Gasteiger partial charge in [-0.15, -0.1) is 0 Å². The normalized spacial score (nSPS) is 12.5. The minimum atomic E-state index is -4.73. The molecule has 0 bridgehead atoms. The number of benzene rings is 2. The van der Waals surface area contributed by atoms with Crippen LogP contribution in [0.4, 0.5) is 18.9 Å². The number of hydrogen-bond donors (Lipinski definition) is 1. The maximum Gasteiger partial charge on any atom is 0.452 e. The van der Waals surface area contributed by atoms with E-state index in [-0.39, 0.29) is 34.0 Å². The number of nitrogens with zero attached hydrogens (tertiary/aromatic N) is 4. The number of nitrogens with one attached hydrogen (secondary N) is 1. The number of alkyl halides is 3. The number of aromatic nitrogens is 4. The number of hydrogen-bond acceptors (Lipinski definition) is 6. The fourth-order valence-electron chi connectivity index (χ4n) is 4.60. The average Bonchev–Trinajstić information content (AvgIpc) is 3.56. The van der Waals surface area contributed by atoms with Crippen LogP contribution in [0.2, 0.25) is 5.02 Å². The van der Waals surface area contributed by atoms with Gasteiger partial charge >= 0.3 is 6.18 Å². The number of amides is 1. The van der Waals surface area contributed by atoms with Crippen molar-refractivity contribution in [2.24, 2.45) is 7.05 Å². The number of anilines is 1. The summed E-state index contributed by atoms with van der Waals surface area (Å²) in [6, 6.07) is 10.9. The number of methoxy groups -OCH3 is 1. The molecule has 13 heteroatoms. The second-order valence-corrected chi connectivity index (χ2v) is 9.69. The van der Waals surface area contributed by atoms with Gasteiger partial charge < -0.3 is 14.6 Å². The first kappa shape index (κ1) is 28.0. The summed E-state index contributed by atoms with van der Waals surface area (Å²) in [7, 11) is 3.17. The molecule has 3 heterocycles. The van der Waals surface area contributed by atoms with Crippen molar-refractivity contribution in [3.63, 3.8) is 0 Å². The summed E-state index contributed by atoms with van der Waals surface area (Å²) in [5, 5.41) is 11.8. The minimum Gasteiger partial charge on any atom is -0.495 e. The molecule has 41 heavy (non-hydrogen) atoms. The SMILES string of the molecule is CCC(C(=O)Nc1ccc2nn(C)cc2c1)n1cc(OC)c(-c2cc(Cl)ccc2-c2cc(C(F)(F)F)on2)cc1=O. The van der Waals surface area contributed by atoms with E-state index in [0.717, 1.165) is 17.0 Å². The predicted molar refractivity (Wildman–Crippen MR) is 147 cm³/mol. The predicted octanol–water partition coefficient (Wildman–Crippen LogP) is 6.33. The summed E-state index contributed by atoms with van der Waals surface area (Å²) in [5.74, 6) is -1.50. The molecule has 1 atom stereocenters. The monoisotopic (exact) mass is 585 g/mol. The van der Waals surface area contributed by atoms with Crippen molar-refractivity contribution < 1.29 is 27.2 Å². The van der Waals surface area contributed by atoms with E-state index in [4.69, 9.17) is 16.3 Å². The van der Waals surface area contributed by atoms with E-state index < -0.39 is 29.4 Å². The summed E-state index contributed by atoms with van der Waals surface area (Å²) < 4.78 is 52.4. The molecule has 9 nitrogen and oxygen atoms in total. The Balaban J connectivity index is 1.52. The van der Waals surface area contributed by atoms with Gasteiger partial charge in [-0.1, -0.05) is 29.7 Å². The van der Waals surface area contributed by atoms with Gasteiger partial charge in [-0.25, -0.2) is 0 Å². The van der Waals surface area contributed by atoms with Crippen LogP contribution in [0.25, 0.3) is 33.3 Å². The third kappa shape index (κ3) is 5.55. The minimum absolute atomic E-state index is 0.105. The van der Waals surface area contributed by atoms with Crippen molar-refractivity contribution in [2.75, 3.05) is 12.4 Å². The van der Waals surface area contributed by atoms with E-state index in [1.54, 1.807) is 36.9 Å². The number of carbonyl (C=O) groups excluding carboxylic acids is 1. The number of halogens is 4. The molecule has 0 spiro atoms. The van der Waals surface area contributed by atoms with E-state index in [1.807, 2.05) is 6.20 Å². The maximum atomic E-state index is 13.4.